The fourth-order valence-electron chi connectivity index (χ4n) is 2.09. The number of H-pyrrole nitrogens is 1. The highest BCUT2D eigenvalue weighted by Gasteiger charge is 2.18. The van der Waals surface area contributed by atoms with E-state index in [1.807, 2.05) is 13.8 Å². The summed E-state index contributed by atoms with van der Waals surface area (Å²) in [7, 11) is 1.53. The minimum absolute atomic E-state index is 0.185. The Hall–Kier alpha value is -2.04. The summed E-state index contributed by atoms with van der Waals surface area (Å²) in [4.78, 5) is 0. The van der Waals surface area contributed by atoms with Crippen LogP contribution in [0.15, 0.2) is 18.3 Å². The number of aromatic amines is 1. The summed E-state index contributed by atoms with van der Waals surface area (Å²) in [6.45, 7) is 4.05. The van der Waals surface area contributed by atoms with Crippen molar-refractivity contribution in [3.8, 4) is 16.9 Å². The highest BCUT2D eigenvalue weighted by molar-refractivity contribution is 5.78. The second-order valence-electron chi connectivity index (χ2n) is 4.42. The van der Waals surface area contributed by atoms with Crippen LogP contribution in [-0.2, 0) is 0 Å². The van der Waals surface area contributed by atoms with Gasteiger partial charge in [-0.2, -0.15) is 5.10 Å². The van der Waals surface area contributed by atoms with Gasteiger partial charge >= 0.3 is 0 Å². The molecule has 0 radical (unpaired) electrons. The molecular weight excluding hydrogens is 233 g/mol. The molecule has 96 valence electrons. The molecule has 0 unspecified atom stereocenters. The number of hydrogen-bond acceptors (Lipinski definition) is 3. The Morgan fingerprint density at radius 1 is 1.33 bits per heavy atom. The van der Waals surface area contributed by atoms with Crippen molar-refractivity contribution in [3.05, 3.63) is 29.7 Å². The molecule has 1 heterocycles. The maximum atomic E-state index is 13.6. The van der Waals surface area contributed by atoms with Crippen LogP contribution in [0.3, 0.4) is 0 Å². The number of benzene rings is 1. The van der Waals surface area contributed by atoms with E-state index >= 15 is 0 Å². The Morgan fingerprint density at radius 2 is 2.06 bits per heavy atom. The number of nitrogens with zero attached hydrogens (tertiary/aromatic N) is 1. The lowest BCUT2D eigenvalue weighted by Gasteiger charge is -2.16. The van der Waals surface area contributed by atoms with Crippen molar-refractivity contribution in [1.82, 2.24) is 10.2 Å². The summed E-state index contributed by atoms with van der Waals surface area (Å²) in [5, 5.41) is 6.53. The highest BCUT2D eigenvalue weighted by Crippen LogP contribution is 2.38. The largest absolute Gasteiger partial charge is 0.496 e. The molecule has 4 nitrogen and oxygen atoms in total. The van der Waals surface area contributed by atoms with Crippen molar-refractivity contribution in [2.24, 2.45) is 0 Å². The number of nitrogen functional groups attached to an aromatic ring is 1. The monoisotopic (exact) mass is 249 g/mol. The van der Waals surface area contributed by atoms with Gasteiger partial charge in [-0.15, -0.1) is 0 Å². The number of aromatic nitrogens is 2. The third kappa shape index (κ3) is 2.03. The van der Waals surface area contributed by atoms with Crippen LogP contribution in [-0.4, -0.2) is 17.3 Å². The van der Waals surface area contributed by atoms with Gasteiger partial charge in [0.2, 0.25) is 0 Å². The van der Waals surface area contributed by atoms with Crippen molar-refractivity contribution in [2.75, 3.05) is 12.8 Å². The second kappa shape index (κ2) is 4.68. The molecular formula is C13H16FN3O. The van der Waals surface area contributed by atoms with Crippen LogP contribution < -0.4 is 10.5 Å². The fourth-order valence-corrected chi connectivity index (χ4v) is 2.09. The molecule has 0 aliphatic carbocycles. The lowest BCUT2D eigenvalue weighted by atomic mass is 9.92. The van der Waals surface area contributed by atoms with Crippen LogP contribution in [0.5, 0.6) is 5.75 Å². The standard InChI is InChI=1S/C13H16FN3O/c1-7(2)12-9(10-6-16-17-13(10)15)4-8(14)5-11(12)18-3/h4-7H,1-3H3,(H3,15,16,17). The third-order valence-electron chi connectivity index (χ3n) is 2.86. The topological polar surface area (TPSA) is 63.9 Å². The Balaban J connectivity index is 2.73. The number of rotatable bonds is 3. The van der Waals surface area contributed by atoms with Crippen LogP contribution >= 0.6 is 0 Å². The summed E-state index contributed by atoms with van der Waals surface area (Å²) in [6, 6.07) is 2.84. The summed E-state index contributed by atoms with van der Waals surface area (Å²) >= 11 is 0. The Labute approximate surface area is 105 Å². The van der Waals surface area contributed by atoms with E-state index in [4.69, 9.17) is 10.5 Å². The van der Waals surface area contributed by atoms with Gasteiger partial charge in [0, 0.05) is 17.2 Å². The smallest absolute Gasteiger partial charge is 0.127 e. The van der Waals surface area contributed by atoms with Gasteiger partial charge in [-0.25, -0.2) is 4.39 Å². The first-order valence-electron chi connectivity index (χ1n) is 5.71. The highest BCUT2D eigenvalue weighted by atomic mass is 19.1. The molecule has 0 spiro atoms. The number of halogens is 1. The first kappa shape index (κ1) is 12.4. The molecule has 3 N–H and O–H groups in total. The summed E-state index contributed by atoms with van der Waals surface area (Å²) < 4.78 is 18.9. The first-order chi connectivity index (χ1) is 8.54. The van der Waals surface area contributed by atoms with E-state index in [0.29, 0.717) is 22.7 Å². The maximum Gasteiger partial charge on any atom is 0.127 e. The molecule has 18 heavy (non-hydrogen) atoms. The van der Waals surface area contributed by atoms with Crippen molar-refractivity contribution >= 4 is 5.82 Å². The number of hydrogen-bond donors (Lipinski definition) is 2. The molecule has 0 amide bonds. The van der Waals surface area contributed by atoms with Gasteiger partial charge in [0.25, 0.3) is 0 Å². The normalized spacial score (nSPS) is 10.9. The lowest BCUT2D eigenvalue weighted by molar-refractivity contribution is 0.404. The van der Waals surface area contributed by atoms with Gasteiger partial charge in [0.05, 0.1) is 13.3 Å². The second-order valence-corrected chi connectivity index (χ2v) is 4.42. The predicted octanol–water partition coefficient (Wildman–Crippen LogP) is 2.93. The van der Waals surface area contributed by atoms with Gasteiger partial charge in [-0.1, -0.05) is 13.8 Å². The van der Waals surface area contributed by atoms with Crippen molar-refractivity contribution in [1.29, 1.82) is 0 Å². The van der Waals surface area contributed by atoms with Gasteiger partial charge in [-0.3, -0.25) is 5.10 Å². The Morgan fingerprint density at radius 3 is 2.56 bits per heavy atom. The van der Waals surface area contributed by atoms with Crippen LogP contribution in [0.4, 0.5) is 10.2 Å². The number of methoxy groups -OCH3 is 1. The quantitative estimate of drug-likeness (QED) is 0.879. The lowest BCUT2D eigenvalue weighted by Crippen LogP contribution is -2.00. The third-order valence-corrected chi connectivity index (χ3v) is 2.86. The van der Waals surface area contributed by atoms with Gasteiger partial charge in [0.1, 0.15) is 17.4 Å². The molecule has 0 bridgehead atoms. The maximum absolute atomic E-state index is 13.6. The average molecular weight is 249 g/mol. The molecule has 1 aromatic heterocycles. The van der Waals surface area contributed by atoms with Gasteiger partial charge in [-0.05, 0) is 17.5 Å². The molecule has 0 saturated heterocycles. The molecule has 0 fully saturated rings. The predicted molar refractivity (Wildman–Crippen MR) is 69.0 cm³/mol. The summed E-state index contributed by atoms with van der Waals surface area (Å²) in [6.07, 6.45) is 1.59. The fraction of sp³-hybridized carbons (Fsp3) is 0.308. The zero-order valence-corrected chi connectivity index (χ0v) is 10.6. The Kier molecular flexibility index (Phi) is 3.23. The van der Waals surface area contributed by atoms with E-state index in [1.54, 1.807) is 6.20 Å². The van der Waals surface area contributed by atoms with Crippen LogP contribution in [0, 0.1) is 5.82 Å². The van der Waals surface area contributed by atoms with Gasteiger partial charge < -0.3 is 10.5 Å². The van der Waals surface area contributed by atoms with Crippen molar-refractivity contribution in [3.63, 3.8) is 0 Å². The zero-order valence-electron chi connectivity index (χ0n) is 10.6. The molecule has 0 saturated carbocycles. The Bertz CT molecular complexity index is 563. The average Bonchev–Trinajstić information content (AvgIpc) is 2.73. The first-order valence-corrected chi connectivity index (χ1v) is 5.71. The molecule has 1 aromatic carbocycles. The molecule has 0 atom stereocenters. The van der Waals surface area contributed by atoms with Crippen molar-refractivity contribution in [2.45, 2.75) is 19.8 Å². The van der Waals surface area contributed by atoms with Gasteiger partial charge in [0.15, 0.2) is 0 Å². The van der Waals surface area contributed by atoms with E-state index in [2.05, 4.69) is 10.2 Å². The molecule has 0 aliphatic heterocycles. The molecule has 0 aliphatic rings. The zero-order chi connectivity index (χ0) is 13.3. The number of ether oxygens (including phenoxy) is 1. The van der Waals surface area contributed by atoms with Crippen LogP contribution in [0.25, 0.3) is 11.1 Å². The summed E-state index contributed by atoms with van der Waals surface area (Å²) in [5.41, 5.74) is 8.13. The molecule has 5 heteroatoms. The van der Waals surface area contributed by atoms with Crippen LogP contribution in [0.2, 0.25) is 0 Å². The van der Waals surface area contributed by atoms with E-state index in [0.717, 1.165) is 5.56 Å². The van der Waals surface area contributed by atoms with E-state index in [1.165, 1.54) is 19.2 Å². The minimum Gasteiger partial charge on any atom is -0.496 e. The molecule has 2 rings (SSSR count). The molecule has 2 aromatic rings. The number of anilines is 1. The van der Waals surface area contributed by atoms with Crippen molar-refractivity contribution < 1.29 is 9.13 Å². The van der Waals surface area contributed by atoms with E-state index < -0.39 is 0 Å². The number of nitrogens with two attached hydrogens (primary N) is 1. The van der Waals surface area contributed by atoms with Crippen LogP contribution in [0.1, 0.15) is 25.3 Å². The van der Waals surface area contributed by atoms with E-state index in [9.17, 15) is 4.39 Å². The summed E-state index contributed by atoms with van der Waals surface area (Å²) in [5.74, 6) is 0.779. The van der Waals surface area contributed by atoms with E-state index in [-0.39, 0.29) is 11.7 Å². The minimum atomic E-state index is -0.355. The number of nitrogens with one attached hydrogen (secondary N) is 1. The SMILES string of the molecule is COc1cc(F)cc(-c2cn[nH]c2N)c1C(C)C.